The van der Waals surface area contributed by atoms with Crippen molar-refractivity contribution in [3.63, 3.8) is 0 Å². The Labute approximate surface area is 142 Å². The van der Waals surface area contributed by atoms with Gasteiger partial charge in [0.1, 0.15) is 6.10 Å². The van der Waals surface area contributed by atoms with Crippen molar-refractivity contribution in [1.29, 1.82) is 0 Å². The topological polar surface area (TPSA) is 55.6 Å². The van der Waals surface area contributed by atoms with Gasteiger partial charge in [0.25, 0.3) is 5.91 Å². The van der Waals surface area contributed by atoms with Gasteiger partial charge in [0.15, 0.2) is 0 Å². The minimum Gasteiger partial charge on any atom is -0.364 e. The molecule has 2 aromatic rings. The number of rotatable bonds is 2. The molecule has 4 nitrogen and oxygen atoms in total. The fraction of sp³-hybridized carbons (Fsp3) is 0.350. The number of nitrogens with zero attached hydrogens (tertiary/aromatic N) is 1. The Morgan fingerprint density at radius 1 is 1.00 bits per heavy atom. The van der Waals surface area contributed by atoms with E-state index in [9.17, 15) is 4.79 Å². The highest BCUT2D eigenvalue weighted by atomic mass is 16.5. The average molecular weight is 322 g/mol. The molecule has 0 aliphatic carbocycles. The molecule has 1 amide bonds. The summed E-state index contributed by atoms with van der Waals surface area (Å²) in [7, 11) is 0. The number of hydrogen-bond donors (Lipinski definition) is 1. The Morgan fingerprint density at radius 2 is 1.58 bits per heavy atom. The van der Waals surface area contributed by atoms with Crippen LogP contribution in [0, 0.1) is 0 Å². The Bertz CT molecular complexity index is 711. The zero-order valence-corrected chi connectivity index (χ0v) is 13.7. The highest BCUT2D eigenvalue weighted by Gasteiger charge is 2.34. The average Bonchev–Trinajstić information content (AvgIpc) is 3.04. The molecule has 0 radical (unpaired) electrons. The third kappa shape index (κ3) is 2.72. The van der Waals surface area contributed by atoms with Crippen LogP contribution in [0.5, 0.6) is 0 Å². The van der Waals surface area contributed by atoms with Crippen molar-refractivity contribution in [1.82, 2.24) is 4.90 Å². The summed E-state index contributed by atoms with van der Waals surface area (Å²) >= 11 is 0. The SMILES string of the molecule is NC[C@H]1CC[C@@H](C(=O)N2Cc3ccccc3-c3ccccc3C2)O1. The molecule has 0 unspecified atom stereocenters. The number of carbonyl (C=O) groups excluding carboxylic acids is 1. The molecule has 24 heavy (non-hydrogen) atoms. The van der Waals surface area contributed by atoms with Crippen LogP contribution in [0.2, 0.25) is 0 Å². The lowest BCUT2D eigenvalue weighted by Crippen LogP contribution is -2.38. The normalized spacial score (nSPS) is 22.6. The van der Waals surface area contributed by atoms with Crippen LogP contribution in [-0.2, 0) is 22.6 Å². The molecule has 2 atom stereocenters. The summed E-state index contributed by atoms with van der Waals surface area (Å²) in [6.45, 7) is 1.73. The van der Waals surface area contributed by atoms with E-state index >= 15 is 0 Å². The lowest BCUT2D eigenvalue weighted by molar-refractivity contribution is -0.144. The number of amides is 1. The lowest BCUT2D eigenvalue weighted by Gasteiger charge is -2.25. The van der Waals surface area contributed by atoms with Gasteiger partial charge in [-0.15, -0.1) is 0 Å². The van der Waals surface area contributed by atoms with Crippen LogP contribution in [0.4, 0.5) is 0 Å². The number of nitrogens with two attached hydrogens (primary N) is 1. The quantitative estimate of drug-likeness (QED) is 0.925. The highest BCUT2D eigenvalue weighted by Crippen LogP contribution is 2.33. The molecular formula is C20H22N2O2. The predicted octanol–water partition coefficient (Wildman–Crippen LogP) is 2.70. The fourth-order valence-corrected chi connectivity index (χ4v) is 3.73. The van der Waals surface area contributed by atoms with Gasteiger partial charge in [0, 0.05) is 19.6 Å². The molecule has 1 fully saturated rings. The lowest BCUT2D eigenvalue weighted by atomic mass is 9.97. The maximum atomic E-state index is 13.0. The number of ether oxygens (including phenoxy) is 1. The molecule has 4 rings (SSSR count). The molecule has 2 heterocycles. The van der Waals surface area contributed by atoms with Gasteiger partial charge in [-0.3, -0.25) is 4.79 Å². The van der Waals surface area contributed by atoms with E-state index in [0.29, 0.717) is 19.6 Å². The molecule has 2 aliphatic heterocycles. The van der Waals surface area contributed by atoms with Gasteiger partial charge in [0.05, 0.1) is 6.10 Å². The minimum atomic E-state index is -0.351. The Morgan fingerprint density at radius 3 is 2.12 bits per heavy atom. The molecule has 0 aromatic heterocycles. The first kappa shape index (κ1) is 15.4. The first-order valence-corrected chi connectivity index (χ1v) is 8.57. The molecule has 4 heteroatoms. The van der Waals surface area contributed by atoms with Crippen LogP contribution in [0.25, 0.3) is 11.1 Å². The maximum absolute atomic E-state index is 13.0. The number of carbonyl (C=O) groups is 1. The van der Waals surface area contributed by atoms with Crippen molar-refractivity contribution in [2.24, 2.45) is 5.73 Å². The van der Waals surface area contributed by atoms with Gasteiger partial charge >= 0.3 is 0 Å². The van der Waals surface area contributed by atoms with E-state index in [1.165, 1.54) is 22.3 Å². The van der Waals surface area contributed by atoms with Gasteiger partial charge in [-0.05, 0) is 35.1 Å². The molecule has 0 saturated carbocycles. The highest BCUT2D eigenvalue weighted by molar-refractivity contribution is 5.83. The summed E-state index contributed by atoms with van der Waals surface area (Å²) in [4.78, 5) is 14.9. The van der Waals surface area contributed by atoms with E-state index in [4.69, 9.17) is 10.5 Å². The predicted molar refractivity (Wildman–Crippen MR) is 93.1 cm³/mol. The van der Waals surface area contributed by atoms with Gasteiger partial charge in [-0.25, -0.2) is 0 Å². The Kier molecular flexibility index (Phi) is 4.08. The van der Waals surface area contributed by atoms with Crippen molar-refractivity contribution in [3.8, 4) is 11.1 Å². The standard InChI is InChI=1S/C20H22N2O2/c21-11-16-9-10-19(24-16)20(23)22-12-14-5-1-3-7-17(14)18-8-4-2-6-15(18)13-22/h1-8,16,19H,9-13,21H2/t16-,19+/m1/s1. The van der Waals surface area contributed by atoms with Crippen molar-refractivity contribution in [3.05, 3.63) is 59.7 Å². The maximum Gasteiger partial charge on any atom is 0.252 e. The van der Waals surface area contributed by atoms with Crippen molar-refractivity contribution in [2.45, 2.75) is 38.1 Å². The van der Waals surface area contributed by atoms with Crippen LogP contribution < -0.4 is 5.73 Å². The number of hydrogen-bond acceptors (Lipinski definition) is 3. The monoisotopic (exact) mass is 322 g/mol. The third-order valence-corrected chi connectivity index (χ3v) is 5.00. The summed E-state index contributed by atoms with van der Waals surface area (Å²) in [5, 5.41) is 0. The van der Waals surface area contributed by atoms with Crippen molar-refractivity contribution in [2.75, 3.05) is 6.54 Å². The molecule has 124 valence electrons. The van der Waals surface area contributed by atoms with E-state index in [1.54, 1.807) is 0 Å². The van der Waals surface area contributed by atoms with Crippen molar-refractivity contribution >= 4 is 5.91 Å². The van der Waals surface area contributed by atoms with Crippen LogP contribution in [0.15, 0.2) is 48.5 Å². The van der Waals surface area contributed by atoms with Gasteiger partial charge < -0.3 is 15.4 Å². The number of benzene rings is 2. The molecule has 0 bridgehead atoms. The second kappa shape index (κ2) is 6.38. The Hall–Kier alpha value is -2.17. The third-order valence-electron chi connectivity index (χ3n) is 5.00. The van der Waals surface area contributed by atoms with Gasteiger partial charge in [-0.2, -0.15) is 0 Å². The van der Waals surface area contributed by atoms with E-state index in [1.807, 2.05) is 17.0 Å². The van der Waals surface area contributed by atoms with Crippen LogP contribution >= 0.6 is 0 Å². The zero-order chi connectivity index (χ0) is 16.5. The second-order valence-corrected chi connectivity index (χ2v) is 6.57. The van der Waals surface area contributed by atoms with Crippen LogP contribution in [0.1, 0.15) is 24.0 Å². The van der Waals surface area contributed by atoms with Crippen LogP contribution in [-0.4, -0.2) is 29.6 Å². The van der Waals surface area contributed by atoms with Gasteiger partial charge in [0.2, 0.25) is 0 Å². The first-order chi connectivity index (χ1) is 11.8. The summed E-state index contributed by atoms with van der Waals surface area (Å²) in [5.41, 5.74) is 10.5. The zero-order valence-electron chi connectivity index (χ0n) is 13.7. The largest absolute Gasteiger partial charge is 0.364 e. The smallest absolute Gasteiger partial charge is 0.252 e. The van der Waals surface area contributed by atoms with E-state index < -0.39 is 0 Å². The van der Waals surface area contributed by atoms with E-state index in [0.717, 1.165) is 12.8 Å². The summed E-state index contributed by atoms with van der Waals surface area (Å²) in [5.74, 6) is 0.0810. The summed E-state index contributed by atoms with van der Waals surface area (Å²) in [6, 6.07) is 16.7. The molecular weight excluding hydrogens is 300 g/mol. The Balaban J connectivity index is 1.66. The molecule has 2 N–H and O–H groups in total. The van der Waals surface area contributed by atoms with E-state index in [2.05, 4.69) is 36.4 Å². The molecule has 0 spiro atoms. The van der Waals surface area contributed by atoms with E-state index in [-0.39, 0.29) is 18.1 Å². The summed E-state index contributed by atoms with van der Waals surface area (Å²) < 4.78 is 5.83. The van der Waals surface area contributed by atoms with Crippen molar-refractivity contribution < 1.29 is 9.53 Å². The number of fused-ring (bicyclic) bond motifs is 3. The van der Waals surface area contributed by atoms with Crippen LogP contribution in [0.3, 0.4) is 0 Å². The molecule has 2 aliphatic rings. The molecule has 2 aromatic carbocycles. The first-order valence-electron chi connectivity index (χ1n) is 8.57. The second-order valence-electron chi connectivity index (χ2n) is 6.57. The summed E-state index contributed by atoms with van der Waals surface area (Å²) in [6.07, 6.45) is 1.30. The minimum absolute atomic E-state index is 0.0190. The van der Waals surface area contributed by atoms with Gasteiger partial charge in [-0.1, -0.05) is 48.5 Å². The fourth-order valence-electron chi connectivity index (χ4n) is 3.73. The molecule has 1 saturated heterocycles.